The number of carbonyl (C=O) groups is 1. The van der Waals surface area contributed by atoms with Crippen molar-refractivity contribution >= 4 is 45.4 Å². The minimum Gasteiger partial charge on any atom is -0.455 e. The summed E-state index contributed by atoms with van der Waals surface area (Å²) in [5.74, 6) is 1.40. The number of benzene rings is 2. The molecule has 0 fully saturated rings. The van der Waals surface area contributed by atoms with Crippen molar-refractivity contribution in [2.45, 2.75) is 4.34 Å². The van der Waals surface area contributed by atoms with E-state index in [9.17, 15) is 4.79 Å². The normalized spacial score (nSPS) is 11.3. The Hall–Kier alpha value is -2.90. The van der Waals surface area contributed by atoms with Gasteiger partial charge >= 0.3 is 0 Å². The Morgan fingerprint density at radius 2 is 1.93 bits per heavy atom. The number of nitrogens with zero attached hydrogens (tertiary/aromatic N) is 2. The third-order valence-electron chi connectivity index (χ3n) is 3.67. The average molecular weight is 393 g/mol. The molecule has 0 aliphatic rings. The molecule has 1 amide bonds. The van der Waals surface area contributed by atoms with Crippen LogP contribution in [-0.4, -0.2) is 22.9 Å². The molecule has 4 rings (SSSR count). The Morgan fingerprint density at radius 1 is 1.11 bits per heavy atom. The molecule has 2 heterocycles. The predicted molar refractivity (Wildman–Crippen MR) is 110 cm³/mol. The molecule has 1 N–H and O–H groups in total. The van der Waals surface area contributed by atoms with Gasteiger partial charge in [-0.3, -0.25) is 4.79 Å². The number of hydrogen-bond acceptors (Lipinski definition) is 6. The first-order valence-electron chi connectivity index (χ1n) is 8.23. The van der Waals surface area contributed by atoms with Gasteiger partial charge in [0.15, 0.2) is 4.34 Å². The largest absolute Gasteiger partial charge is 0.455 e. The van der Waals surface area contributed by atoms with E-state index in [1.807, 2.05) is 66.7 Å². The maximum Gasteiger partial charge on any atom is 0.250 e. The summed E-state index contributed by atoms with van der Waals surface area (Å²) in [6.45, 7) is 0. The van der Waals surface area contributed by atoms with Gasteiger partial charge in [-0.05, 0) is 24.3 Å². The van der Waals surface area contributed by atoms with Crippen molar-refractivity contribution in [3.63, 3.8) is 0 Å². The van der Waals surface area contributed by atoms with Gasteiger partial charge in [-0.1, -0.05) is 54.2 Å². The van der Waals surface area contributed by atoms with E-state index < -0.39 is 0 Å². The van der Waals surface area contributed by atoms with Crippen molar-refractivity contribution in [3.8, 4) is 11.3 Å². The number of hydrazone groups is 1. The summed E-state index contributed by atoms with van der Waals surface area (Å²) in [5, 5.41) is 3.95. The molecule has 4 aromatic rings. The molecular weight excluding hydrogens is 378 g/mol. The number of para-hydroxylation sites is 1. The molecule has 7 heteroatoms. The van der Waals surface area contributed by atoms with Gasteiger partial charge in [0, 0.05) is 5.56 Å². The van der Waals surface area contributed by atoms with E-state index in [1.165, 1.54) is 18.0 Å². The van der Waals surface area contributed by atoms with Crippen LogP contribution in [0, 0.1) is 0 Å². The maximum atomic E-state index is 11.9. The number of aromatic nitrogens is 1. The van der Waals surface area contributed by atoms with Gasteiger partial charge in [0.2, 0.25) is 0 Å². The van der Waals surface area contributed by atoms with E-state index in [1.54, 1.807) is 11.3 Å². The number of fused-ring (bicyclic) bond motifs is 1. The Morgan fingerprint density at radius 3 is 2.78 bits per heavy atom. The molecule has 2 aromatic carbocycles. The summed E-state index contributed by atoms with van der Waals surface area (Å²) in [7, 11) is 0. The number of rotatable bonds is 6. The van der Waals surface area contributed by atoms with Crippen molar-refractivity contribution in [2.24, 2.45) is 5.10 Å². The van der Waals surface area contributed by atoms with Gasteiger partial charge < -0.3 is 4.42 Å². The van der Waals surface area contributed by atoms with Crippen LogP contribution in [0.4, 0.5) is 0 Å². The lowest BCUT2D eigenvalue weighted by molar-refractivity contribution is -0.118. The van der Waals surface area contributed by atoms with E-state index in [4.69, 9.17) is 4.42 Å². The number of nitrogens with one attached hydrogen (secondary N) is 1. The fraction of sp³-hybridized carbons (Fsp3) is 0.0500. The SMILES string of the molecule is O=C(CSc1nc2ccccc2s1)NN=Cc1ccc(-c2ccccc2)o1. The Bertz CT molecular complexity index is 1050. The van der Waals surface area contributed by atoms with Crippen molar-refractivity contribution in [2.75, 3.05) is 5.75 Å². The highest BCUT2D eigenvalue weighted by atomic mass is 32.2. The van der Waals surface area contributed by atoms with E-state index in [0.717, 1.165) is 25.9 Å². The second kappa shape index (κ2) is 8.20. The molecule has 0 aliphatic heterocycles. The van der Waals surface area contributed by atoms with Crippen molar-refractivity contribution in [1.29, 1.82) is 0 Å². The molecule has 0 saturated carbocycles. The highest BCUT2D eigenvalue weighted by Gasteiger charge is 2.07. The average Bonchev–Trinajstić information content (AvgIpc) is 3.34. The zero-order chi connectivity index (χ0) is 18.5. The zero-order valence-corrected chi connectivity index (χ0v) is 15.8. The van der Waals surface area contributed by atoms with Crippen molar-refractivity contribution in [1.82, 2.24) is 10.4 Å². The first kappa shape index (κ1) is 17.5. The Labute approximate surface area is 164 Å². The maximum absolute atomic E-state index is 11.9. The van der Waals surface area contributed by atoms with E-state index >= 15 is 0 Å². The molecule has 2 aromatic heterocycles. The third-order valence-corrected chi connectivity index (χ3v) is 5.85. The number of thiazole rings is 1. The van der Waals surface area contributed by atoms with Gasteiger partial charge in [-0.25, -0.2) is 10.4 Å². The molecule has 27 heavy (non-hydrogen) atoms. The van der Waals surface area contributed by atoms with Gasteiger partial charge in [0.25, 0.3) is 5.91 Å². The van der Waals surface area contributed by atoms with E-state index in [-0.39, 0.29) is 11.7 Å². The minimum atomic E-state index is -0.189. The summed E-state index contributed by atoms with van der Waals surface area (Å²) < 4.78 is 7.69. The predicted octanol–water partition coefficient (Wildman–Crippen LogP) is 4.80. The number of amides is 1. The van der Waals surface area contributed by atoms with Crippen LogP contribution < -0.4 is 5.43 Å². The summed E-state index contributed by atoms with van der Waals surface area (Å²) in [5.41, 5.74) is 4.46. The molecule has 0 saturated heterocycles. The molecule has 134 valence electrons. The summed E-state index contributed by atoms with van der Waals surface area (Å²) in [6, 6.07) is 21.4. The second-order valence-electron chi connectivity index (χ2n) is 5.60. The molecule has 0 unspecified atom stereocenters. The van der Waals surface area contributed by atoms with E-state index in [2.05, 4.69) is 15.5 Å². The lowest BCUT2D eigenvalue weighted by Crippen LogP contribution is -2.19. The fourth-order valence-electron chi connectivity index (χ4n) is 2.42. The molecule has 0 spiro atoms. The standard InChI is InChI=1S/C20H15N3O2S2/c24-19(13-26-20-22-16-8-4-5-9-18(16)27-20)23-21-12-15-10-11-17(25-15)14-6-2-1-3-7-14/h1-12H,13H2,(H,23,24). The molecule has 5 nitrogen and oxygen atoms in total. The zero-order valence-electron chi connectivity index (χ0n) is 14.2. The quantitative estimate of drug-likeness (QED) is 0.290. The smallest absolute Gasteiger partial charge is 0.250 e. The Balaban J connectivity index is 1.29. The highest BCUT2D eigenvalue weighted by Crippen LogP contribution is 2.29. The van der Waals surface area contributed by atoms with Crippen LogP contribution in [-0.2, 0) is 4.79 Å². The van der Waals surface area contributed by atoms with E-state index in [0.29, 0.717) is 5.76 Å². The molecule has 0 aliphatic carbocycles. The summed E-state index contributed by atoms with van der Waals surface area (Å²) >= 11 is 2.98. The van der Waals surface area contributed by atoms with Gasteiger partial charge in [-0.15, -0.1) is 11.3 Å². The van der Waals surface area contributed by atoms with Gasteiger partial charge in [0.1, 0.15) is 11.5 Å². The van der Waals surface area contributed by atoms with Crippen LogP contribution >= 0.6 is 23.1 Å². The number of hydrogen-bond donors (Lipinski definition) is 1. The Kier molecular flexibility index (Phi) is 5.32. The van der Waals surface area contributed by atoms with Gasteiger partial charge in [-0.2, -0.15) is 5.10 Å². The minimum absolute atomic E-state index is 0.189. The van der Waals surface area contributed by atoms with Crippen LogP contribution in [0.3, 0.4) is 0 Å². The van der Waals surface area contributed by atoms with Crippen LogP contribution in [0.15, 0.2) is 80.6 Å². The first-order valence-corrected chi connectivity index (χ1v) is 10.0. The van der Waals surface area contributed by atoms with Crippen LogP contribution in [0.25, 0.3) is 21.5 Å². The van der Waals surface area contributed by atoms with Crippen molar-refractivity contribution in [3.05, 3.63) is 72.5 Å². The molecular formula is C20H15N3O2S2. The summed E-state index contributed by atoms with van der Waals surface area (Å²) in [6.07, 6.45) is 1.49. The van der Waals surface area contributed by atoms with Crippen LogP contribution in [0.1, 0.15) is 5.76 Å². The topological polar surface area (TPSA) is 67.5 Å². The fourth-order valence-corrected chi connectivity index (χ4v) is 4.28. The lowest BCUT2D eigenvalue weighted by Gasteiger charge is -1.97. The van der Waals surface area contributed by atoms with Crippen LogP contribution in [0.5, 0.6) is 0 Å². The third kappa shape index (κ3) is 4.45. The lowest BCUT2D eigenvalue weighted by atomic mass is 10.2. The van der Waals surface area contributed by atoms with Gasteiger partial charge in [0.05, 0.1) is 22.2 Å². The first-order chi connectivity index (χ1) is 13.3. The summed E-state index contributed by atoms with van der Waals surface area (Å²) in [4.78, 5) is 16.4. The number of thioether (sulfide) groups is 1. The van der Waals surface area contributed by atoms with Crippen LogP contribution in [0.2, 0.25) is 0 Å². The van der Waals surface area contributed by atoms with Crippen molar-refractivity contribution < 1.29 is 9.21 Å². The number of carbonyl (C=O) groups excluding carboxylic acids is 1. The number of furan rings is 1. The molecule has 0 bridgehead atoms. The molecule has 0 atom stereocenters. The molecule has 0 radical (unpaired) electrons. The second-order valence-corrected chi connectivity index (χ2v) is 7.85. The highest BCUT2D eigenvalue weighted by molar-refractivity contribution is 8.01. The monoisotopic (exact) mass is 393 g/mol.